The molecule has 0 aromatic heterocycles. The van der Waals surface area contributed by atoms with Gasteiger partial charge >= 0.3 is 0 Å². The van der Waals surface area contributed by atoms with Crippen LogP contribution in [0.15, 0.2) is 24.3 Å². The quantitative estimate of drug-likeness (QED) is 0.765. The van der Waals surface area contributed by atoms with E-state index in [4.69, 9.17) is 16.3 Å². The van der Waals surface area contributed by atoms with E-state index in [-0.39, 0.29) is 17.3 Å². The second-order valence-corrected chi connectivity index (χ2v) is 7.37. The maximum Gasteiger partial charge on any atom is 0.166 e. The highest BCUT2D eigenvalue weighted by atomic mass is 35.5. The van der Waals surface area contributed by atoms with Crippen LogP contribution in [0.4, 0.5) is 0 Å². The first kappa shape index (κ1) is 14.4. The highest BCUT2D eigenvalue weighted by Gasteiger charge is 2.40. The van der Waals surface area contributed by atoms with Gasteiger partial charge in [-0.15, -0.1) is 0 Å². The van der Waals surface area contributed by atoms with E-state index in [0.29, 0.717) is 11.6 Å². The van der Waals surface area contributed by atoms with Crippen LogP contribution in [0.3, 0.4) is 0 Å². The largest absolute Gasteiger partial charge is 0.375 e. The Bertz CT molecular complexity index is 491. The highest BCUT2D eigenvalue weighted by molar-refractivity contribution is 7.99. The Hall–Kier alpha value is -0.510. The number of carbonyl (C=O) groups excluding carboxylic acids is 1. The maximum atomic E-state index is 12.7. The molecule has 0 aliphatic carbocycles. The molecule has 2 fully saturated rings. The van der Waals surface area contributed by atoms with Gasteiger partial charge in [0.05, 0.1) is 5.60 Å². The third kappa shape index (κ3) is 3.05. The van der Waals surface area contributed by atoms with Crippen molar-refractivity contribution in [2.24, 2.45) is 5.92 Å². The van der Waals surface area contributed by atoms with Crippen LogP contribution in [-0.2, 0) is 4.74 Å². The number of thioether (sulfide) groups is 1. The number of hydrogen-bond acceptors (Lipinski definition) is 3. The molecule has 108 valence electrons. The van der Waals surface area contributed by atoms with Crippen molar-refractivity contribution in [2.45, 2.75) is 31.3 Å². The zero-order valence-electron chi connectivity index (χ0n) is 11.4. The Labute approximate surface area is 129 Å². The van der Waals surface area contributed by atoms with Gasteiger partial charge in [0.15, 0.2) is 5.78 Å². The Morgan fingerprint density at radius 3 is 2.90 bits per heavy atom. The van der Waals surface area contributed by atoms with Crippen LogP contribution in [0.2, 0.25) is 5.02 Å². The van der Waals surface area contributed by atoms with Crippen LogP contribution >= 0.6 is 23.4 Å². The molecule has 2 aliphatic heterocycles. The SMILES string of the molecule is O=C(c1cccc(Cl)c1)C1CCOC2(CCSCC2)C1. The standard InChI is InChI=1S/C16H19ClO2S/c17-14-3-1-2-12(10-14)15(18)13-4-7-19-16(11-13)5-8-20-9-6-16/h1-3,10,13H,4-9,11H2. The number of hydrogen-bond donors (Lipinski definition) is 0. The lowest BCUT2D eigenvalue weighted by atomic mass is 9.79. The Morgan fingerprint density at radius 1 is 1.35 bits per heavy atom. The third-order valence-corrected chi connectivity index (χ3v) is 5.60. The second-order valence-electron chi connectivity index (χ2n) is 5.71. The molecular formula is C16H19ClO2S. The normalized spacial score (nSPS) is 25.6. The van der Waals surface area contributed by atoms with Gasteiger partial charge in [-0.2, -0.15) is 11.8 Å². The third-order valence-electron chi connectivity index (χ3n) is 4.38. The molecule has 1 unspecified atom stereocenters. The fourth-order valence-corrected chi connectivity index (χ4v) is 4.65. The fraction of sp³-hybridized carbons (Fsp3) is 0.562. The van der Waals surface area contributed by atoms with Crippen LogP contribution in [-0.4, -0.2) is 29.5 Å². The molecule has 1 atom stereocenters. The Morgan fingerprint density at radius 2 is 2.15 bits per heavy atom. The van der Waals surface area contributed by atoms with Gasteiger partial charge < -0.3 is 4.74 Å². The summed E-state index contributed by atoms with van der Waals surface area (Å²) in [5, 5.41) is 0.631. The lowest BCUT2D eigenvalue weighted by Crippen LogP contribution is -2.44. The summed E-state index contributed by atoms with van der Waals surface area (Å²) in [6, 6.07) is 7.31. The molecule has 0 amide bonds. The van der Waals surface area contributed by atoms with E-state index in [1.165, 1.54) is 0 Å². The van der Waals surface area contributed by atoms with Crippen molar-refractivity contribution in [3.05, 3.63) is 34.9 Å². The molecule has 1 aromatic rings. The first-order chi connectivity index (χ1) is 9.69. The van der Waals surface area contributed by atoms with Crippen molar-refractivity contribution in [3.8, 4) is 0 Å². The van der Waals surface area contributed by atoms with E-state index in [1.54, 1.807) is 6.07 Å². The minimum atomic E-state index is -0.0393. The van der Waals surface area contributed by atoms with Gasteiger partial charge in [0.25, 0.3) is 0 Å². The van der Waals surface area contributed by atoms with Gasteiger partial charge in [0, 0.05) is 23.1 Å². The smallest absolute Gasteiger partial charge is 0.166 e. The molecule has 0 saturated carbocycles. The molecule has 0 N–H and O–H groups in total. The van der Waals surface area contributed by atoms with Crippen molar-refractivity contribution in [2.75, 3.05) is 18.1 Å². The molecule has 1 spiro atoms. The highest BCUT2D eigenvalue weighted by Crippen LogP contribution is 2.40. The summed E-state index contributed by atoms with van der Waals surface area (Å²) in [6.45, 7) is 0.710. The van der Waals surface area contributed by atoms with Crippen molar-refractivity contribution >= 4 is 29.1 Å². The zero-order valence-corrected chi connectivity index (χ0v) is 13.0. The molecule has 0 radical (unpaired) electrons. The van der Waals surface area contributed by atoms with Crippen LogP contribution in [0, 0.1) is 5.92 Å². The summed E-state index contributed by atoms with van der Waals surface area (Å²) in [7, 11) is 0. The van der Waals surface area contributed by atoms with E-state index in [0.717, 1.165) is 42.8 Å². The van der Waals surface area contributed by atoms with Crippen LogP contribution < -0.4 is 0 Å². The van der Waals surface area contributed by atoms with E-state index in [2.05, 4.69) is 0 Å². The molecule has 3 rings (SSSR count). The minimum absolute atomic E-state index is 0.0393. The van der Waals surface area contributed by atoms with E-state index in [1.807, 2.05) is 30.0 Å². The number of benzene rings is 1. The Balaban J connectivity index is 1.74. The van der Waals surface area contributed by atoms with Gasteiger partial charge in [-0.25, -0.2) is 0 Å². The summed E-state index contributed by atoms with van der Waals surface area (Å²) < 4.78 is 6.05. The maximum absolute atomic E-state index is 12.7. The monoisotopic (exact) mass is 310 g/mol. The van der Waals surface area contributed by atoms with Crippen molar-refractivity contribution < 1.29 is 9.53 Å². The van der Waals surface area contributed by atoms with Gasteiger partial charge in [-0.1, -0.05) is 23.7 Å². The summed E-state index contributed by atoms with van der Waals surface area (Å²) in [6.07, 6.45) is 3.87. The predicted molar refractivity (Wildman–Crippen MR) is 83.7 cm³/mol. The molecule has 2 aliphatic rings. The number of carbonyl (C=O) groups is 1. The molecule has 2 nitrogen and oxygen atoms in total. The van der Waals surface area contributed by atoms with Crippen LogP contribution in [0.5, 0.6) is 0 Å². The number of rotatable bonds is 2. The summed E-state index contributed by atoms with van der Waals surface area (Å²) in [5.74, 6) is 2.62. The van der Waals surface area contributed by atoms with Gasteiger partial charge in [-0.05, 0) is 49.3 Å². The van der Waals surface area contributed by atoms with Crippen LogP contribution in [0.25, 0.3) is 0 Å². The number of ketones is 1. The first-order valence-corrected chi connectivity index (χ1v) is 8.73. The molecule has 2 saturated heterocycles. The molecular weight excluding hydrogens is 292 g/mol. The van der Waals surface area contributed by atoms with Gasteiger partial charge in [0.2, 0.25) is 0 Å². The minimum Gasteiger partial charge on any atom is -0.375 e. The lowest BCUT2D eigenvalue weighted by molar-refractivity contribution is -0.0959. The molecule has 1 aromatic carbocycles. The van der Waals surface area contributed by atoms with Crippen molar-refractivity contribution in [1.29, 1.82) is 0 Å². The summed E-state index contributed by atoms with van der Waals surface area (Å²) >= 11 is 7.98. The summed E-state index contributed by atoms with van der Waals surface area (Å²) in [4.78, 5) is 12.7. The zero-order chi connectivity index (χ0) is 14.0. The second kappa shape index (κ2) is 6.08. The van der Waals surface area contributed by atoms with Crippen LogP contribution in [0.1, 0.15) is 36.0 Å². The molecule has 2 heterocycles. The van der Waals surface area contributed by atoms with E-state index >= 15 is 0 Å². The number of Topliss-reactive ketones (excluding diaryl/α,β-unsaturated/α-hetero) is 1. The average Bonchev–Trinajstić information content (AvgIpc) is 2.47. The van der Waals surface area contributed by atoms with Gasteiger partial charge in [-0.3, -0.25) is 4.79 Å². The average molecular weight is 311 g/mol. The summed E-state index contributed by atoms with van der Waals surface area (Å²) in [5.41, 5.74) is 0.701. The van der Waals surface area contributed by atoms with Crippen molar-refractivity contribution in [1.82, 2.24) is 0 Å². The Kier molecular flexibility index (Phi) is 4.39. The van der Waals surface area contributed by atoms with E-state index < -0.39 is 0 Å². The molecule has 20 heavy (non-hydrogen) atoms. The number of ether oxygens (including phenoxy) is 1. The number of halogens is 1. The molecule has 4 heteroatoms. The lowest BCUT2D eigenvalue weighted by Gasteiger charge is -2.42. The van der Waals surface area contributed by atoms with E-state index in [9.17, 15) is 4.79 Å². The predicted octanol–water partition coefficient (Wildman–Crippen LogP) is 4.22. The van der Waals surface area contributed by atoms with Gasteiger partial charge in [0.1, 0.15) is 0 Å². The molecule has 0 bridgehead atoms. The topological polar surface area (TPSA) is 26.3 Å². The first-order valence-electron chi connectivity index (χ1n) is 7.20. The fourth-order valence-electron chi connectivity index (χ4n) is 3.22. The van der Waals surface area contributed by atoms with Crippen molar-refractivity contribution in [3.63, 3.8) is 0 Å².